The number of piperidine rings is 1. The summed E-state index contributed by atoms with van der Waals surface area (Å²) in [4.78, 5) is 55.2. The number of amides is 2. The van der Waals surface area contributed by atoms with E-state index in [1.165, 1.54) is 52.5 Å². The van der Waals surface area contributed by atoms with Gasteiger partial charge in [-0.1, -0.05) is 29.8 Å². The van der Waals surface area contributed by atoms with Crippen molar-refractivity contribution in [3.05, 3.63) is 100 Å². The maximum atomic E-state index is 14.8. The second-order valence-corrected chi connectivity index (χ2v) is 12.6. The Hall–Kier alpha value is -5.14. The summed E-state index contributed by atoms with van der Waals surface area (Å²) in [6.45, 7) is 1.56. The van der Waals surface area contributed by atoms with Crippen LogP contribution in [0.1, 0.15) is 53.2 Å². The molecule has 3 aromatic carbocycles. The zero-order valence-electron chi connectivity index (χ0n) is 25.7. The number of carbonyl (C=O) groups is 4. The number of carboxylic acid groups (broad SMARTS) is 1. The van der Waals surface area contributed by atoms with Crippen LogP contribution in [0.2, 0.25) is 5.02 Å². The van der Waals surface area contributed by atoms with Crippen molar-refractivity contribution in [2.24, 2.45) is 0 Å². The lowest BCUT2D eigenvalue weighted by Gasteiger charge is -2.42. The third-order valence-electron chi connectivity index (χ3n) is 9.43. The summed E-state index contributed by atoms with van der Waals surface area (Å²) in [7, 11) is 0. The SMILES string of the molecule is O=C1CCC2(CCN(c3cccc4c3CCN(C(=O)C3=CN(c5cccc(Cl)c5F)NN3)C4C(=O)Nc3ccc(C(=O)O)cc3)CC2)O1. The molecule has 7 rings (SSSR count). The predicted molar refractivity (Wildman–Crippen MR) is 174 cm³/mol. The topological polar surface area (TPSA) is 144 Å². The maximum absolute atomic E-state index is 14.8. The van der Waals surface area contributed by atoms with Crippen molar-refractivity contribution < 1.29 is 33.4 Å². The Labute approximate surface area is 280 Å². The van der Waals surface area contributed by atoms with Gasteiger partial charge in [-0.2, -0.15) is 0 Å². The van der Waals surface area contributed by atoms with Crippen molar-refractivity contribution in [2.75, 3.05) is 34.9 Å². The van der Waals surface area contributed by atoms with Crippen LogP contribution in [-0.4, -0.2) is 59.0 Å². The number of carbonyl (C=O) groups excluding carboxylic acids is 3. The van der Waals surface area contributed by atoms with Crippen LogP contribution in [0.5, 0.6) is 0 Å². The molecule has 48 heavy (non-hydrogen) atoms. The second-order valence-electron chi connectivity index (χ2n) is 12.2. The number of hydrazine groups is 2. The third kappa shape index (κ3) is 5.79. The highest BCUT2D eigenvalue weighted by Gasteiger charge is 2.44. The highest BCUT2D eigenvalue weighted by molar-refractivity contribution is 6.31. The molecule has 3 aromatic rings. The minimum atomic E-state index is -1.09. The number of ether oxygens (including phenoxy) is 1. The van der Waals surface area contributed by atoms with Crippen molar-refractivity contribution in [1.82, 2.24) is 15.9 Å². The molecule has 1 spiro atoms. The first-order valence-corrected chi connectivity index (χ1v) is 16.0. The number of fused-ring (bicyclic) bond motifs is 1. The van der Waals surface area contributed by atoms with Crippen LogP contribution in [0.4, 0.5) is 21.5 Å². The van der Waals surface area contributed by atoms with Gasteiger partial charge in [0.25, 0.3) is 11.8 Å². The zero-order chi connectivity index (χ0) is 33.6. The van der Waals surface area contributed by atoms with Crippen LogP contribution in [0, 0.1) is 5.82 Å². The molecule has 12 nitrogen and oxygen atoms in total. The van der Waals surface area contributed by atoms with E-state index in [4.69, 9.17) is 16.3 Å². The summed E-state index contributed by atoms with van der Waals surface area (Å²) in [5, 5.41) is 13.4. The summed E-state index contributed by atoms with van der Waals surface area (Å²) in [5.74, 6) is -2.89. The van der Waals surface area contributed by atoms with Crippen molar-refractivity contribution in [1.29, 1.82) is 0 Å². The normalized spacial score (nSPS) is 19.8. The van der Waals surface area contributed by atoms with Crippen molar-refractivity contribution in [3.63, 3.8) is 0 Å². The molecule has 14 heteroatoms. The van der Waals surface area contributed by atoms with Gasteiger partial charge in [0.2, 0.25) is 0 Å². The molecular formula is C34H32ClFN6O6. The molecule has 248 valence electrons. The van der Waals surface area contributed by atoms with Gasteiger partial charge in [-0.15, -0.1) is 5.53 Å². The van der Waals surface area contributed by atoms with E-state index in [1.54, 1.807) is 6.07 Å². The number of benzene rings is 3. The van der Waals surface area contributed by atoms with E-state index in [1.807, 2.05) is 18.2 Å². The van der Waals surface area contributed by atoms with Gasteiger partial charge < -0.3 is 25.0 Å². The van der Waals surface area contributed by atoms with Gasteiger partial charge in [-0.05, 0) is 66.4 Å². The van der Waals surface area contributed by atoms with Gasteiger partial charge >= 0.3 is 11.9 Å². The lowest BCUT2D eigenvalue weighted by Crippen LogP contribution is -2.49. The summed E-state index contributed by atoms with van der Waals surface area (Å²) in [6.07, 6.45) is 4.45. The lowest BCUT2D eigenvalue weighted by molar-refractivity contribution is -0.149. The molecule has 4 heterocycles. The van der Waals surface area contributed by atoms with Crippen LogP contribution in [0.15, 0.2) is 72.6 Å². The molecule has 0 aromatic heterocycles. The Morgan fingerprint density at radius 3 is 2.40 bits per heavy atom. The zero-order valence-corrected chi connectivity index (χ0v) is 26.4. The number of nitrogens with zero attached hydrogens (tertiary/aromatic N) is 3. The van der Waals surface area contributed by atoms with Crippen molar-refractivity contribution >= 4 is 52.4 Å². The van der Waals surface area contributed by atoms with Crippen LogP contribution in [0.25, 0.3) is 0 Å². The first kappa shape index (κ1) is 31.5. The fourth-order valence-electron chi connectivity index (χ4n) is 6.92. The van der Waals surface area contributed by atoms with E-state index < -0.39 is 35.2 Å². The van der Waals surface area contributed by atoms with Gasteiger partial charge in [0.1, 0.15) is 17.3 Å². The Kier molecular flexibility index (Phi) is 8.17. The van der Waals surface area contributed by atoms with E-state index in [0.717, 1.165) is 17.7 Å². The van der Waals surface area contributed by atoms with Crippen molar-refractivity contribution in [2.45, 2.75) is 43.7 Å². The molecule has 2 fully saturated rings. The molecule has 4 aliphatic rings. The number of anilines is 3. The van der Waals surface area contributed by atoms with E-state index >= 15 is 0 Å². The lowest BCUT2D eigenvalue weighted by atomic mass is 9.86. The number of esters is 1. The summed E-state index contributed by atoms with van der Waals surface area (Å²) in [5.41, 5.74) is 8.33. The standard InChI is InChI=1S/C34H32ClFN6O6/c35-24-4-2-6-27(29(24)36)42-19-25(38-39-42)32(45)41-16-12-22-23(30(41)31(44)37-21-9-7-20(8-10-21)33(46)47)3-1-5-26(22)40-17-14-34(15-18-40)13-11-28(43)48-34/h1-10,19,30,38-39H,11-18H2,(H,37,44)(H,46,47). The Balaban J connectivity index is 1.19. The first-order valence-electron chi connectivity index (χ1n) is 15.6. The fraction of sp³-hybridized carbons (Fsp3) is 0.294. The fourth-order valence-corrected chi connectivity index (χ4v) is 7.09. The molecule has 1 atom stereocenters. The number of hydrogen-bond donors (Lipinski definition) is 4. The molecular weight excluding hydrogens is 643 g/mol. The van der Waals surface area contributed by atoms with Crippen LogP contribution in [-0.2, 0) is 25.5 Å². The minimum Gasteiger partial charge on any atom is -0.478 e. The van der Waals surface area contributed by atoms with Gasteiger partial charge in [-0.25, -0.2) is 9.18 Å². The Bertz CT molecular complexity index is 1840. The van der Waals surface area contributed by atoms with Crippen LogP contribution < -0.4 is 26.2 Å². The number of nitrogens with one attached hydrogen (secondary N) is 3. The van der Waals surface area contributed by atoms with E-state index in [-0.39, 0.29) is 34.5 Å². The summed E-state index contributed by atoms with van der Waals surface area (Å²) in [6, 6.07) is 14.9. The van der Waals surface area contributed by atoms with Crippen molar-refractivity contribution in [3.8, 4) is 0 Å². The van der Waals surface area contributed by atoms with E-state index in [2.05, 4.69) is 21.2 Å². The van der Waals surface area contributed by atoms with Gasteiger partial charge in [0.15, 0.2) is 5.82 Å². The smallest absolute Gasteiger partial charge is 0.335 e. The van der Waals surface area contributed by atoms with E-state index in [0.29, 0.717) is 50.0 Å². The highest BCUT2D eigenvalue weighted by atomic mass is 35.5. The minimum absolute atomic E-state index is 0.0700. The summed E-state index contributed by atoms with van der Waals surface area (Å²) >= 11 is 5.97. The average molecular weight is 675 g/mol. The van der Waals surface area contributed by atoms with Gasteiger partial charge in [-0.3, -0.25) is 24.8 Å². The van der Waals surface area contributed by atoms with E-state index in [9.17, 15) is 28.7 Å². The maximum Gasteiger partial charge on any atom is 0.335 e. The predicted octanol–water partition coefficient (Wildman–Crippen LogP) is 4.29. The van der Waals surface area contributed by atoms with Crippen LogP contribution in [0.3, 0.4) is 0 Å². The van der Waals surface area contributed by atoms with Gasteiger partial charge in [0, 0.05) is 50.3 Å². The Morgan fingerprint density at radius 2 is 1.69 bits per heavy atom. The number of rotatable bonds is 6. The molecule has 4 aliphatic heterocycles. The largest absolute Gasteiger partial charge is 0.478 e. The number of halogens is 2. The summed E-state index contributed by atoms with van der Waals surface area (Å²) < 4.78 is 20.5. The quantitative estimate of drug-likeness (QED) is 0.280. The third-order valence-corrected chi connectivity index (χ3v) is 9.72. The molecule has 0 aliphatic carbocycles. The molecule has 2 amide bonds. The monoisotopic (exact) mass is 674 g/mol. The number of carboxylic acids is 1. The molecule has 4 N–H and O–H groups in total. The molecule has 0 bridgehead atoms. The molecule has 2 saturated heterocycles. The molecule has 0 radical (unpaired) electrons. The molecule has 1 unspecified atom stereocenters. The highest BCUT2D eigenvalue weighted by Crippen LogP contribution is 2.41. The number of aromatic carboxylic acids is 1. The van der Waals surface area contributed by atoms with Crippen LogP contribution >= 0.6 is 11.6 Å². The number of hydrogen-bond acceptors (Lipinski definition) is 9. The Morgan fingerprint density at radius 1 is 0.958 bits per heavy atom. The second kappa shape index (κ2) is 12.5. The van der Waals surface area contributed by atoms with Gasteiger partial charge in [0.05, 0.1) is 22.5 Å². The molecule has 0 saturated carbocycles. The average Bonchev–Trinajstić information content (AvgIpc) is 3.72. The first-order chi connectivity index (χ1) is 23.1.